The number of rotatable bonds is 9. The van der Waals surface area contributed by atoms with Crippen molar-refractivity contribution in [2.45, 2.75) is 6.92 Å². The normalized spacial score (nSPS) is 11.4. The molecular formula is C15H24ClN3O4S. The van der Waals surface area contributed by atoms with Crippen LogP contribution in [-0.2, 0) is 10.0 Å². The van der Waals surface area contributed by atoms with Gasteiger partial charge in [0.2, 0.25) is 10.0 Å². The van der Waals surface area contributed by atoms with Gasteiger partial charge in [0, 0.05) is 31.7 Å². The Hall–Kier alpha value is -1.51. The summed E-state index contributed by atoms with van der Waals surface area (Å²) in [4.78, 5) is 13.7. The third-order valence-electron chi connectivity index (χ3n) is 3.38. The number of amides is 2. The fourth-order valence-corrected chi connectivity index (χ4v) is 2.35. The van der Waals surface area contributed by atoms with E-state index in [1.165, 1.54) is 11.4 Å². The molecule has 1 rings (SSSR count). The summed E-state index contributed by atoms with van der Waals surface area (Å²) in [5.41, 5.74) is 0. The van der Waals surface area contributed by atoms with Crippen LogP contribution in [0.2, 0.25) is 5.02 Å². The molecule has 0 aliphatic carbocycles. The number of hydrogen-bond acceptors (Lipinski definition) is 4. The summed E-state index contributed by atoms with van der Waals surface area (Å²) in [6, 6.07) is 6.75. The molecule has 0 radical (unpaired) electrons. The van der Waals surface area contributed by atoms with Crippen LogP contribution in [0.4, 0.5) is 4.79 Å². The van der Waals surface area contributed by atoms with E-state index in [4.69, 9.17) is 16.3 Å². The van der Waals surface area contributed by atoms with Gasteiger partial charge in [0.1, 0.15) is 12.4 Å². The summed E-state index contributed by atoms with van der Waals surface area (Å²) in [7, 11) is -1.76. The van der Waals surface area contributed by atoms with Crippen LogP contribution >= 0.6 is 11.6 Å². The van der Waals surface area contributed by atoms with Crippen LogP contribution in [0.3, 0.4) is 0 Å². The number of carbonyl (C=O) groups excluding carboxylic acids is 1. The zero-order valence-corrected chi connectivity index (χ0v) is 15.7. The van der Waals surface area contributed by atoms with Gasteiger partial charge in [-0.3, -0.25) is 0 Å². The first-order valence-electron chi connectivity index (χ1n) is 7.56. The highest BCUT2D eigenvalue weighted by molar-refractivity contribution is 7.88. The lowest BCUT2D eigenvalue weighted by molar-refractivity contribution is 0.185. The van der Waals surface area contributed by atoms with Crippen molar-refractivity contribution < 1.29 is 17.9 Å². The van der Waals surface area contributed by atoms with Crippen LogP contribution in [0.5, 0.6) is 5.75 Å². The van der Waals surface area contributed by atoms with E-state index in [-0.39, 0.29) is 19.1 Å². The van der Waals surface area contributed by atoms with E-state index in [9.17, 15) is 13.2 Å². The number of sulfonamides is 1. The molecule has 0 saturated carbocycles. The maximum Gasteiger partial charge on any atom is 0.317 e. The fourth-order valence-electron chi connectivity index (χ4n) is 1.81. The van der Waals surface area contributed by atoms with Gasteiger partial charge in [0.25, 0.3) is 0 Å². The molecule has 0 unspecified atom stereocenters. The number of carbonyl (C=O) groups is 1. The van der Waals surface area contributed by atoms with Crippen molar-refractivity contribution in [3.05, 3.63) is 29.3 Å². The van der Waals surface area contributed by atoms with Crippen molar-refractivity contribution in [3.8, 4) is 5.75 Å². The van der Waals surface area contributed by atoms with E-state index >= 15 is 0 Å². The number of benzene rings is 1. The van der Waals surface area contributed by atoms with Gasteiger partial charge >= 0.3 is 6.03 Å². The van der Waals surface area contributed by atoms with E-state index in [0.29, 0.717) is 30.5 Å². The average Bonchev–Trinajstić information content (AvgIpc) is 2.52. The van der Waals surface area contributed by atoms with Crippen LogP contribution in [0.15, 0.2) is 24.3 Å². The zero-order chi connectivity index (χ0) is 18.2. The SMILES string of the molecule is CCN(CCOc1ccc(Cl)cc1)C(=O)NCCN(C)S(C)(=O)=O. The van der Waals surface area contributed by atoms with Crippen molar-refractivity contribution in [1.82, 2.24) is 14.5 Å². The minimum atomic E-state index is -3.24. The molecule has 0 bridgehead atoms. The topological polar surface area (TPSA) is 79.0 Å². The lowest BCUT2D eigenvalue weighted by Crippen LogP contribution is -2.44. The first-order chi connectivity index (χ1) is 11.2. The van der Waals surface area contributed by atoms with E-state index in [2.05, 4.69) is 5.32 Å². The Morgan fingerprint density at radius 2 is 1.88 bits per heavy atom. The highest BCUT2D eigenvalue weighted by Crippen LogP contribution is 2.15. The molecule has 9 heteroatoms. The smallest absolute Gasteiger partial charge is 0.317 e. The van der Waals surface area contributed by atoms with Crippen LogP contribution < -0.4 is 10.1 Å². The average molecular weight is 378 g/mol. The molecule has 136 valence electrons. The molecule has 0 fully saturated rings. The van der Waals surface area contributed by atoms with Crippen LogP contribution in [0.1, 0.15) is 6.92 Å². The predicted octanol–water partition coefficient (Wildman–Crippen LogP) is 1.64. The van der Waals surface area contributed by atoms with Crippen molar-refractivity contribution in [1.29, 1.82) is 0 Å². The largest absolute Gasteiger partial charge is 0.492 e. The fraction of sp³-hybridized carbons (Fsp3) is 0.533. The molecule has 2 amide bonds. The standard InChI is InChI=1S/C15H24ClN3O4S/c1-4-19(11-12-23-14-7-5-13(16)6-8-14)15(20)17-9-10-18(2)24(3,21)22/h5-8H,4,9-12H2,1-3H3,(H,17,20). The molecule has 0 aliphatic heterocycles. The molecule has 0 aromatic heterocycles. The first kappa shape index (κ1) is 20.5. The number of nitrogens with one attached hydrogen (secondary N) is 1. The van der Waals surface area contributed by atoms with Gasteiger partial charge in [-0.25, -0.2) is 17.5 Å². The Kier molecular flexibility index (Phi) is 8.30. The summed E-state index contributed by atoms with van der Waals surface area (Å²) in [6.45, 7) is 3.64. The third kappa shape index (κ3) is 7.37. The lowest BCUT2D eigenvalue weighted by atomic mass is 10.3. The lowest BCUT2D eigenvalue weighted by Gasteiger charge is -2.22. The number of halogens is 1. The summed E-state index contributed by atoms with van der Waals surface area (Å²) < 4.78 is 29.3. The number of ether oxygens (including phenoxy) is 1. The monoisotopic (exact) mass is 377 g/mol. The summed E-state index contributed by atoms with van der Waals surface area (Å²) in [5, 5.41) is 3.34. The number of hydrogen-bond donors (Lipinski definition) is 1. The molecule has 1 aromatic carbocycles. The van der Waals surface area contributed by atoms with E-state index < -0.39 is 10.0 Å². The number of urea groups is 1. The van der Waals surface area contributed by atoms with Gasteiger partial charge in [0.05, 0.1) is 12.8 Å². The zero-order valence-electron chi connectivity index (χ0n) is 14.2. The van der Waals surface area contributed by atoms with Crippen LogP contribution in [0, 0.1) is 0 Å². The minimum absolute atomic E-state index is 0.226. The van der Waals surface area contributed by atoms with Crippen LogP contribution in [0.25, 0.3) is 0 Å². The Bertz CT molecular complexity index is 622. The van der Waals surface area contributed by atoms with Gasteiger partial charge in [-0.05, 0) is 31.2 Å². The van der Waals surface area contributed by atoms with Crippen LogP contribution in [-0.4, -0.2) is 69.7 Å². The van der Waals surface area contributed by atoms with Gasteiger partial charge in [-0.1, -0.05) is 11.6 Å². The Balaban J connectivity index is 2.34. The highest BCUT2D eigenvalue weighted by atomic mass is 35.5. The Morgan fingerprint density at radius 1 is 1.25 bits per heavy atom. The molecular weight excluding hydrogens is 354 g/mol. The second-order valence-corrected chi connectivity index (χ2v) is 7.72. The third-order valence-corrected chi connectivity index (χ3v) is 4.95. The van der Waals surface area contributed by atoms with Crippen molar-refractivity contribution >= 4 is 27.7 Å². The maximum atomic E-state index is 12.1. The van der Waals surface area contributed by atoms with Crippen molar-refractivity contribution in [2.75, 3.05) is 46.1 Å². The Labute approximate surface area is 148 Å². The molecule has 1 N–H and O–H groups in total. The van der Waals surface area contributed by atoms with Gasteiger partial charge in [-0.2, -0.15) is 0 Å². The molecule has 0 saturated heterocycles. The first-order valence-corrected chi connectivity index (χ1v) is 9.79. The molecule has 24 heavy (non-hydrogen) atoms. The van der Waals surface area contributed by atoms with Gasteiger partial charge in [0.15, 0.2) is 0 Å². The summed E-state index contributed by atoms with van der Waals surface area (Å²) >= 11 is 5.80. The molecule has 0 aliphatic rings. The Morgan fingerprint density at radius 3 is 2.42 bits per heavy atom. The van der Waals surface area contributed by atoms with Gasteiger partial charge < -0.3 is 15.0 Å². The second-order valence-electron chi connectivity index (χ2n) is 5.20. The maximum absolute atomic E-state index is 12.1. The second kappa shape index (κ2) is 9.71. The minimum Gasteiger partial charge on any atom is -0.492 e. The van der Waals surface area contributed by atoms with E-state index in [1.54, 1.807) is 29.2 Å². The molecule has 0 atom stereocenters. The molecule has 0 heterocycles. The number of nitrogens with zero attached hydrogens (tertiary/aromatic N) is 2. The van der Waals surface area contributed by atoms with E-state index in [0.717, 1.165) is 6.26 Å². The quantitative estimate of drug-likeness (QED) is 0.709. The van der Waals surface area contributed by atoms with E-state index in [1.807, 2.05) is 6.92 Å². The molecule has 7 nitrogen and oxygen atoms in total. The van der Waals surface area contributed by atoms with Gasteiger partial charge in [-0.15, -0.1) is 0 Å². The summed E-state index contributed by atoms with van der Waals surface area (Å²) in [5.74, 6) is 0.686. The highest BCUT2D eigenvalue weighted by Gasteiger charge is 2.13. The summed E-state index contributed by atoms with van der Waals surface area (Å²) in [6.07, 6.45) is 1.13. The number of likely N-dealkylation sites (N-methyl/N-ethyl adjacent to an activating group) is 2. The van der Waals surface area contributed by atoms with Crippen molar-refractivity contribution in [2.24, 2.45) is 0 Å². The molecule has 0 spiro atoms. The molecule has 1 aromatic rings. The van der Waals surface area contributed by atoms with Crippen molar-refractivity contribution in [3.63, 3.8) is 0 Å². The predicted molar refractivity (Wildman–Crippen MR) is 95.1 cm³/mol.